The van der Waals surface area contributed by atoms with Crippen LogP contribution in [0.25, 0.3) is 0 Å². The quantitative estimate of drug-likeness (QED) is 0.843. The number of halogens is 1. The average Bonchev–Trinajstić information content (AvgIpc) is 2.54. The van der Waals surface area contributed by atoms with Gasteiger partial charge in [0.05, 0.1) is 6.54 Å². The minimum Gasteiger partial charge on any atom is -0.376 e. The second kappa shape index (κ2) is 7.78. The summed E-state index contributed by atoms with van der Waals surface area (Å²) in [6, 6.07) is 14.4. The molecule has 0 bridgehead atoms. The summed E-state index contributed by atoms with van der Waals surface area (Å²) in [5.74, 6) is -0.232. The standard InChI is InChI=1S/C17H18BrN3O2/c1-21(2)17(23)12-4-3-5-15(10-12)19-11-16(22)20-14-8-6-13(18)7-9-14/h3-10,19H,11H2,1-2H3,(H,20,22). The summed E-state index contributed by atoms with van der Waals surface area (Å²) in [6.07, 6.45) is 0. The van der Waals surface area contributed by atoms with E-state index >= 15 is 0 Å². The Morgan fingerprint density at radius 2 is 1.74 bits per heavy atom. The van der Waals surface area contributed by atoms with E-state index in [1.54, 1.807) is 32.3 Å². The van der Waals surface area contributed by atoms with E-state index in [0.717, 1.165) is 15.8 Å². The molecule has 0 heterocycles. The Morgan fingerprint density at radius 1 is 1.04 bits per heavy atom. The molecule has 0 saturated carbocycles. The molecule has 2 aromatic carbocycles. The molecule has 120 valence electrons. The topological polar surface area (TPSA) is 61.4 Å². The van der Waals surface area contributed by atoms with Gasteiger partial charge in [-0.1, -0.05) is 22.0 Å². The van der Waals surface area contributed by atoms with Crippen molar-refractivity contribution in [2.45, 2.75) is 0 Å². The smallest absolute Gasteiger partial charge is 0.253 e. The molecule has 2 amide bonds. The van der Waals surface area contributed by atoms with Gasteiger partial charge in [0.25, 0.3) is 5.91 Å². The fourth-order valence-corrected chi connectivity index (χ4v) is 2.21. The highest BCUT2D eigenvalue weighted by Crippen LogP contribution is 2.14. The van der Waals surface area contributed by atoms with Gasteiger partial charge in [0.1, 0.15) is 0 Å². The molecule has 0 fully saturated rings. The van der Waals surface area contributed by atoms with Gasteiger partial charge in [-0.25, -0.2) is 0 Å². The van der Waals surface area contributed by atoms with Crippen LogP contribution in [0.2, 0.25) is 0 Å². The highest BCUT2D eigenvalue weighted by molar-refractivity contribution is 9.10. The van der Waals surface area contributed by atoms with Crippen LogP contribution in [0.3, 0.4) is 0 Å². The number of hydrogen-bond acceptors (Lipinski definition) is 3. The van der Waals surface area contributed by atoms with Crippen LogP contribution in [0.1, 0.15) is 10.4 Å². The summed E-state index contributed by atoms with van der Waals surface area (Å²) in [6.45, 7) is 0.121. The summed E-state index contributed by atoms with van der Waals surface area (Å²) >= 11 is 3.35. The molecular weight excluding hydrogens is 358 g/mol. The lowest BCUT2D eigenvalue weighted by Crippen LogP contribution is -2.23. The molecule has 0 aliphatic carbocycles. The first-order valence-corrected chi connectivity index (χ1v) is 7.86. The van der Waals surface area contributed by atoms with Crippen LogP contribution in [0.5, 0.6) is 0 Å². The minimum atomic E-state index is -0.156. The molecule has 2 rings (SSSR count). The number of benzene rings is 2. The maximum Gasteiger partial charge on any atom is 0.253 e. The lowest BCUT2D eigenvalue weighted by atomic mass is 10.2. The molecule has 0 spiro atoms. The van der Waals surface area contributed by atoms with E-state index < -0.39 is 0 Å². The summed E-state index contributed by atoms with van der Waals surface area (Å²) in [5.41, 5.74) is 2.04. The van der Waals surface area contributed by atoms with Crippen molar-refractivity contribution in [3.8, 4) is 0 Å². The van der Waals surface area contributed by atoms with Crippen molar-refractivity contribution in [2.24, 2.45) is 0 Å². The molecule has 0 saturated heterocycles. The lowest BCUT2D eigenvalue weighted by molar-refractivity contribution is -0.114. The number of nitrogens with zero attached hydrogens (tertiary/aromatic N) is 1. The molecule has 0 aliphatic rings. The summed E-state index contributed by atoms with van der Waals surface area (Å²) in [4.78, 5) is 25.4. The molecule has 5 nitrogen and oxygen atoms in total. The van der Waals surface area contributed by atoms with Gasteiger partial charge < -0.3 is 15.5 Å². The first-order chi connectivity index (χ1) is 11.0. The largest absolute Gasteiger partial charge is 0.376 e. The molecule has 0 unspecified atom stereocenters. The normalized spacial score (nSPS) is 10.0. The third-order valence-electron chi connectivity index (χ3n) is 3.10. The highest BCUT2D eigenvalue weighted by atomic mass is 79.9. The predicted molar refractivity (Wildman–Crippen MR) is 95.7 cm³/mol. The first-order valence-electron chi connectivity index (χ1n) is 7.07. The van der Waals surface area contributed by atoms with Crippen LogP contribution < -0.4 is 10.6 Å². The Labute approximate surface area is 143 Å². The van der Waals surface area contributed by atoms with Gasteiger partial charge in [0.2, 0.25) is 5.91 Å². The SMILES string of the molecule is CN(C)C(=O)c1cccc(NCC(=O)Nc2ccc(Br)cc2)c1. The molecule has 2 N–H and O–H groups in total. The summed E-state index contributed by atoms with van der Waals surface area (Å²) < 4.78 is 0.955. The second-order valence-corrected chi connectivity index (χ2v) is 6.10. The van der Waals surface area contributed by atoms with Crippen LogP contribution >= 0.6 is 15.9 Å². The van der Waals surface area contributed by atoms with E-state index in [2.05, 4.69) is 26.6 Å². The van der Waals surface area contributed by atoms with Gasteiger partial charge >= 0.3 is 0 Å². The Kier molecular flexibility index (Phi) is 5.76. The summed E-state index contributed by atoms with van der Waals surface area (Å²) in [5, 5.41) is 5.82. The summed E-state index contributed by atoms with van der Waals surface area (Å²) in [7, 11) is 3.40. The number of hydrogen-bond donors (Lipinski definition) is 2. The Bertz CT molecular complexity index is 699. The molecule has 0 aliphatic heterocycles. The van der Waals surface area contributed by atoms with Crippen LogP contribution in [-0.4, -0.2) is 37.4 Å². The van der Waals surface area contributed by atoms with E-state index in [0.29, 0.717) is 5.56 Å². The number of carbonyl (C=O) groups excluding carboxylic acids is 2. The average molecular weight is 376 g/mol. The van der Waals surface area contributed by atoms with Crippen molar-refractivity contribution in [1.29, 1.82) is 0 Å². The van der Waals surface area contributed by atoms with Gasteiger partial charge in [-0.15, -0.1) is 0 Å². The van der Waals surface area contributed by atoms with Gasteiger partial charge in [0, 0.05) is 35.5 Å². The van der Waals surface area contributed by atoms with Gasteiger partial charge in [-0.2, -0.15) is 0 Å². The van der Waals surface area contributed by atoms with Gasteiger partial charge in [-0.3, -0.25) is 9.59 Å². The van der Waals surface area contributed by atoms with Crippen molar-refractivity contribution in [2.75, 3.05) is 31.3 Å². The second-order valence-electron chi connectivity index (χ2n) is 5.19. The number of anilines is 2. The zero-order chi connectivity index (χ0) is 16.8. The van der Waals surface area contributed by atoms with Crippen molar-refractivity contribution < 1.29 is 9.59 Å². The third kappa shape index (κ3) is 5.10. The van der Waals surface area contributed by atoms with Crippen molar-refractivity contribution in [3.63, 3.8) is 0 Å². The van der Waals surface area contributed by atoms with Gasteiger partial charge in [-0.05, 0) is 42.5 Å². The Balaban J connectivity index is 1.92. The van der Waals surface area contributed by atoms with Crippen molar-refractivity contribution in [1.82, 2.24) is 4.90 Å². The van der Waals surface area contributed by atoms with Crippen molar-refractivity contribution >= 4 is 39.1 Å². The molecule has 0 radical (unpaired) electrons. The molecule has 0 aromatic heterocycles. The van der Waals surface area contributed by atoms with E-state index in [-0.39, 0.29) is 18.4 Å². The minimum absolute atomic E-state index is 0.0760. The van der Waals surface area contributed by atoms with E-state index in [9.17, 15) is 9.59 Å². The van der Waals surface area contributed by atoms with E-state index in [1.807, 2.05) is 30.3 Å². The number of carbonyl (C=O) groups is 2. The van der Waals surface area contributed by atoms with E-state index in [1.165, 1.54) is 4.90 Å². The van der Waals surface area contributed by atoms with Crippen LogP contribution in [0, 0.1) is 0 Å². The number of rotatable bonds is 5. The number of amides is 2. The first kappa shape index (κ1) is 17.0. The molecule has 2 aromatic rings. The maximum atomic E-state index is 11.9. The molecule has 6 heteroatoms. The van der Waals surface area contributed by atoms with E-state index in [4.69, 9.17) is 0 Å². The Morgan fingerprint density at radius 3 is 2.39 bits per heavy atom. The zero-order valence-corrected chi connectivity index (χ0v) is 14.6. The fraction of sp³-hybridized carbons (Fsp3) is 0.176. The van der Waals surface area contributed by atoms with Crippen LogP contribution in [0.15, 0.2) is 53.0 Å². The predicted octanol–water partition coefficient (Wildman–Crippen LogP) is 3.20. The third-order valence-corrected chi connectivity index (χ3v) is 3.63. The highest BCUT2D eigenvalue weighted by Gasteiger charge is 2.08. The molecule has 23 heavy (non-hydrogen) atoms. The maximum absolute atomic E-state index is 11.9. The van der Waals surface area contributed by atoms with Crippen LogP contribution in [0.4, 0.5) is 11.4 Å². The van der Waals surface area contributed by atoms with Crippen LogP contribution in [-0.2, 0) is 4.79 Å². The molecule has 0 atom stereocenters. The zero-order valence-electron chi connectivity index (χ0n) is 13.0. The number of nitrogens with one attached hydrogen (secondary N) is 2. The van der Waals surface area contributed by atoms with Gasteiger partial charge in [0.15, 0.2) is 0 Å². The fourth-order valence-electron chi connectivity index (χ4n) is 1.94. The monoisotopic (exact) mass is 375 g/mol. The Hall–Kier alpha value is -2.34. The van der Waals surface area contributed by atoms with Crippen molar-refractivity contribution in [3.05, 3.63) is 58.6 Å². The molecular formula is C17H18BrN3O2. The lowest BCUT2D eigenvalue weighted by Gasteiger charge is -2.12.